The molecule has 3 aliphatic heterocycles. The molecule has 2 aromatic heterocycles. The largest absolute Gasteiger partial charge is 0.362 e. The fourth-order valence-corrected chi connectivity index (χ4v) is 3.41. The number of H-pyrrole nitrogens is 2. The number of hydrogen-bond donors (Lipinski definition) is 4. The van der Waals surface area contributed by atoms with Crippen LogP contribution in [0.5, 0.6) is 0 Å². The van der Waals surface area contributed by atoms with Gasteiger partial charge in [-0.15, -0.1) is 0 Å². The van der Waals surface area contributed by atoms with E-state index < -0.39 is 11.6 Å². The fourth-order valence-electron chi connectivity index (χ4n) is 3.41. The van der Waals surface area contributed by atoms with Crippen molar-refractivity contribution >= 4 is 35.9 Å². The van der Waals surface area contributed by atoms with Crippen LogP contribution in [0.4, 0.5) is 0 Å². The molecule has 26 heavy (non-hydrogen) atoms. The zero-order valence-electron chi connectivity index (χ0n) is 13.8. The first-order valence-corrected chi connectivity index (χ1v) is 8.50. The van der Waals surface area contributed by atoms with Crippen molar-refractivity contribution in [3.8, 4) is 0 Å². The van der Waals surface area contributed by atoms with Crippen LogP contribution in [-0.4, -0.2) is 21.5 Å². The second-order valence-corrected chi connectivity index (χ2v) is 6.60. The number of nitrogens with one attached hydrogen (secondary N) is 4. The molecule has 0 spiro atoms. The average molecular weight is 344 g/mol. The Kier molecular flexibility index (Phi) is 3.12. The zero-order valence-corrected chi connectivity index (χ0v) is 13.8. The Morgan fingerprint density at radius 2 is 1.00 bits per heavy atom. The summed E-state index contributed by atoms with van der Waals surface area (Å²) in [6, 6.07) is 7.69. The molecule has 8 bridgehead atoms. The van der Waals surface area contributed by atoms with Gasteiger partial charge in [0.2, 0.25) is 0 Å². The molecule has 0 saturated carbocycles. The molecule has 6 heteroatoms. The summed E-state index contributed by atoms with van der Waals surface area (Å²) >= 11 is 0. The van der Waals surface area contributed by atoms with E-state index in [-0.39, 0.29) is 11.4 Å². The maximum atomic E-state index is 12.2. The highest BCUT2D eigenvalue weighted by Crippen LogP contribution is 2.24. The number of Topliss-reactive ketones (excluding diaryl/α,β-unsaturated/α-hetero) is 2. The van der Waals surface area contributed by atoms with Crippen LogP contribution >= 0.6 is 0 Å². The first-order chi connectivity index (χ1) is 12.6. The highest BCUT2D eigenvalue weighted by Gasteiger charge is 2.31. The molecular formula is C20H16N4O2. The van der Waals surface area contributed by atoms with Crippen molar-refractivity contribution < 1.29 is 9.59 Å². The lowest BCUT2D eigenvalue weighted by atomic mass is 10.2. The summed E-state index contributed by atoms with van der Waals surface area (Å²) in [6.07, 6.45) is 9.37. The van der Waals surface area contributed by atoms with Crippen molar-refractivity contribution in [3.05, 3.63) is 69.8 Å². The van der Waals surface area contributed by atoms with Crippen molar-refractivity contribution in [1.82, 2.24) is 20.6 Å². The first kappa shape index (κ1) is 14.8. The number of carbonyl (C=O) groups excluding carboxylic acids is 2. The van der Waals surface area contributed by atoms with E-state index in [9.17, 15) is 9.59 Å². The van der Waals surface area contributed by atoms with Gasteiger partial charge in [0.25, 0.3) is 11.6 Å². The monoisotopic (exact) mass is 344 g/mol. The maximum absolute atomic E-state index is 12.2. The van der Waals surface area contributed by atoms with Crippen LogP contribution in [0, 0.1) is 0 Å². The number of fused-ring (bicyclic) bond motifs is 8. The molecule has 2 saturated heterocycles. The number of aromatic amines is 2. The van der Waals surface area contributed by atoms with Crippen molar-refractivity contribution in [1.29, 1.82) is 0 Å². The number of aromatic nitrogens is 2. The zero-order chi connectivity index (χ0) is 17.7. The van der Waals surface area contributed by atoms with Crippen LogP contribution in [0.3, 0.4) is 0 Å². The smallest absolute Gasteiger partial charge is 0.251 e. The van der Waals surface area contributed by atoms with Crippen molar-refractivity contribution in [2.75, 3.05) is 0 Å². The molecule has 128 valence electrons. The van der Waals surface area contributed by atoms with Gasteiger partial charge in [-0.3, -0.25) is 9.59 Å². The van der Waals surface area contributed by atoms with E-state index in [1.165, 1.54) is 0 Å². The third-order valence-corrected chi connectivity index (χ3v) is 4.67. The van der Waals surface area contributed by atoms with Crippen LogP contribution < -0.4 is 10.6 Å². The Morgan fingerprint density at radius 1 is 0.577 bits per heavy atom. The van der Waals surface area contributed by atoms with Crippen LogP contribution in [0.1, 0.15) is 35.6 Å². The van der Waals surface area contributed by atoms with Gasteiger partial charge < -0.3 is 20.6 Å². The van der Waals surface area contributed by atoms with E-state index in [0.29, 0.717) is 0 Å². The van der Waals surface area contributed by atoms with Crippen molar-refractivity contribution in [2.45, 2.75) is 12.8 Å². The van der Waals surface area contributed by atoms with Gasteiger partial charge >= 0.3 is 0 Å². The highest BCUT2D eigenvalue weighted by molar-refractivity contribution is 6.53. The van der Waals surface area contributed by atoms with E-state index in [0.717, 1.165) is 47.0 Å². The van der Waals surface area contributed by atoms with Crippen LogP contribution in [0.2, 0.25) is 0 Å². The predicted molar refractivity (Wildman–Crippen MR) is 99.0 cm³/mol. The molecule has 0 aromatic carbocycles. The molecule has 0 amide bonds. The Hall–Kier alpha value is -3.54. The van der Waals surface area contributed by atoms with E-state index in [4.69, 9.17) is 0 Å². The lowest BCUT2D eigenvalue weighted by molar-refractivity contribution is -0.130. The van der Waals surface area contributed by atoms with Gasteiger partial charge in [-0.1, -0.05) is 0 Å². The van der Waals surface area contributed by atoms with Gasteiger partial charge in [0, 0.05) is 34.2 Å². The molecule has 3 aliphatic rings. The molecule has 2 aromatic rings. The number of allylic oxidation sites excluding steroid dienone is 4. The van der Waals surface area contributed by atoms with Crippen LogP contribution in [0.15, 0.2) is 47.1 Å². The number of rotatable bonds is 0. The van der Waals surface area contributed by atoms with Crippen LogP contribution in [0.25, 0.3) is 24.3 Å². The quantitative estimate of drug-likeness (QED) is 0.553. The summed E-state index contributed by atoms with van der Waals surface area (Å²) < 4.78 is 0. The number of ketones is 2. The molecule has 2 fully saturated rings. The lowest BCUT2D eigenvalue weighted by Gasteiger charge is -2.01. The topological polar surface area (TPSA) is 89.8 Å². The molecule has 0 aliphatic carbocycles. The number of hydrogen-bond acceptors (Lipinski definition) is 4. The van der Waals surface area contributed by atoms with Gasteiger partial charge in [0.15, 0.2) is 0 Å². The minimum Gasteiger partial charge on any atom is -0.362 e. The van der Waals surface area contributed by atoms with E-state index in [1.54, 1.807) is 12.2 Å². The van der Waals surface area contributed by atoms with Gasteiger partial charge in [-0.25, -0.2) is 0 Å². The Bertz CT molecular complexity index is 991. The van der Waals surface area contributed by atoms with Crippen molar-refractivity contribution in [2.24, 2.45) is 0 Å². The molecule has 0 atom stereocenters. The molecule has 0 unspecified atom stereocenters. The molecule has 6 nitrogen and oxygen atoms in total. The third-order valence-electron chi connectivity index (χ3n) is 4.67. The minimum absolute atomic E-state index is 0.280. The minimum atomic E-state index is -0.523. The predicted octanol–water partition coefficient (Wildman–Crippen LogP) is 2.54. The summed E-state index contributed by atoms with van der Waals surface area (Å²) in [5, 5.41) is 6.39. The first-order valence-electron chi connectivity index (χ1n) is 8.50. The molecular weight excluding hydrogens is 328 g/mol. The Balaban J connectivity index is 1.65. The molecule has 5 heterocycles. The summed E-state index contributed by atoms with van der Waals surface area (Å²) in [5.74, 6) is -1.05. The Morgan fingerprint density at radius 3 is 1.46 bits per heavy atom. The third kappa shape index (κ3) is 2.52. The van der Waals surface area contributed by atoms with Crippen LogP contribution in [-0.2, 0) is 9.59 Å². The molecule has 5 rings (SSSR count). The highest BCUT2D eigenvalue weighted by atomic mass is 16.2. The second kappa shape index (κ2) is 5.49. The summed E-state index contributed by atoms with van der Waals surface area (Å²) in [4.78, 5) is 31.0. The summed E-state index contributed by atoms with van der Waals surface area (Å²) in [6.45, 7) is 0. The van der Waals surface area contributed by atoms with Gasteiger partial charge in [-0.05, 0) is 61.4 Å². The van der Waals surface area contributed by atoms with E-state index >= 15 is 0 Å². The Labute approximate surface area is 149 Å². The normalized spacial score (nSPS) is 18.6. The second-order valence-electron chi connectivity index (χ2n) is 6.60. The summed E-state index contributed by atoms with van der Waals surface area (Å²) in [5.41, 5.74) is 6.27. The van der Waals surface area contributed by atoms with Gasteiger partial charge in [0.1, 0.15) is 0 Å². The molecule has 4 N–H and O–H groups in total. The van der Waals surface area contributed by atoms with E-state index in [2.05, 4.69) is 32.8 Å². The lowest BCUT2D eigenvalue weighted by Crippen LogP contribution is -2.06. The number of carbonyl (C=O) groups is 2. The van der Waals surface area contributed by atoms with E-state index in [1.807, 2.05) is 24.3 Å². The van der Waals surface area contributed by atoms with Gasteiger partial charge in [0.05, 0.1) is 11.4 Å². The van der Waals surface area contributed by atoms with Gasteiger partial charge in [-0.2, -0.15) is 0 Å². The standard InChI is InChI=1S/C20H16N4O2/c25-19-17-9-15-5-3-13(22-15)7-11-1-2-12(21-11)8-14-4-6-16(23-14)10-18(24-17)20(19)26/h3-10,21-24H,1-2H2. The van der Waals surface area contributed by atoms with Crippen molar-refractivity contribution in [3.63, 3.8) is 0 Å². The summed E-state index contributed by atoms with van der Waals surface area (Å²) in [7, 11) is 0. The fraction of sp³-hybridized carbons (Fsp3) is 0.100. The maximum Gasteiger partial charge on any atom is 0.251 e. The molecule has 0 radical (unpaired) electrons. The SMILES string of the molecule is O=C1C(=O)C2=Cc3ccc([nH]3)C=C3CCC(=Cc4ccc([nH]4)C=C1N2)N3. The average Bonchev–Trinajstić information content (AvgIpc) is 3.38.